The van der Waals surface area contributed by atoms with Gasteiger partial charge in [0.25, 0.3) is 0 Å². The van der Waals surface area contributed by atoms with Crippen LogP contribution in [0, 0.1) is 11.3 Å². The van der Waals surface area contributed by atoms with Crippen molar-refractivity contribution in [3.05, 3.63) is 0 Å². The summed E-state index contributed by atoms with van der Waals surface area (Å²) in [6, 6.07) is 0. The van der Waals surface area contributed by atoms with Crippen molar-refractivity contribution in [3.63, 3.8) is 0 Å². The summed E-state index contributed by atoms with van der Waals surface area (Å²) in [4.78, 5) is 4.19. The van der Waals surface area contributed by atoms with E-state index >= 15 is 0 Å². The van der Waals surface area contributed by atoms with Crippen molar-refractivity contribution in [1.29, 1.82) is 0 Å². The number of aliphatic imine (C=N–C) groups is 1. The van der Waals surface area contributed by atoms with E-state index in [0.29, 0.717) is 12.5 Å². The van der Waals surface area contributed by atoms with Gasteiger partial charge in [-0.05, 0) is 12.3 Å². The zero-order chi connectivity index (χ0) is 14.1. The van der Waals surface area contributed by atoms with Crippen LogP contribution in [0.3, 0.4) is 0 Å². The van der Waals surface area contributed by atoms with Crippen LogP contribution in [0.1, 0.15) is 27.2 Å². The van der Waals surface area contributed by atoms with Gasteiger partial charge in [0.1, 0.15) is 0 Å². The molecule has 1 rings (SSSR count). The lowest BCUT2D eigenvalue weighted by molar-refractivity contribution is -0.0971. The van der Waals surface area contributed by atoms with Crippen molar-refractivity contribution in [3.8, 4) is 0 Å². The number of ether oxygens (including phenoxy) is 2. The molecule has 0 amide bonds. The second-order valence-corrected chi connectivity index (χ2v) is 5.95. The average molecular weight is 399 g/mol. The van der Waals surface area contributed by atoms with E-state index in [1.165, 1.54) is 0 Å². The molecule has 2 N–H and O–H groups in total. The third kappa shape index (κ3) is 8.26. The summed E-state index contributed by atoms with van der Waals surface area (Å²) in [5, 5.41) is 6.58. The first-order chi connectivity index (χ1) is 9.06. The highest BCUT2D eigenvalue weighted by Gasteiger charge is 2.33. The fourth-order valence-corrected chi connectivity index (χ4v) is 1.73. The van der Waals surface area contributed by atoms with E-state index in [2.05, 4.69) is 36.4 Å². The van der Waals surface area contributed by atoms with E-state index in [-0.39, 0.29) is 29.4 Å². The molecule has 20 heavy (non-hydrogen) atoms. The highest BCUT2D eigenvalue weighted by molar-refractivity contribution is 14.0. The van der Waals surface area contributed by atoms with Crippen LogP contribution in [0.15, 0.2) is 4.99 Å². The van der Waals surface area contributed by atoms with Crippen LogP contribution in [0.25, 0.3) is 0 Å². The van der Waals surface area contributed by atoms with E-state index in [4.69, 9.17) is 9.47 Å². The topological polar surface area (TPSA) is 54.9 Å². The maximum Gasteiger partial charge on any atom is 0.191 e. The number of guanidine groups is 1. The Labute approximate surface area is 140 Å². The first-order valence-corrected chi connectivity index (χ1v) is 7.16. The van der Waals surface area contributed by atoms with Crippen LogP contribution < -0.4 is 10.6 Å². The highest BCUT2D eigenvalue weighted by Crippen LogP contribution is 2.24. The molecule has 1 fully saturated rings. The second-order valence-electron chi connectivity index (χ2n) is 5.95. The molecule has 1 aliphatic heterocycles. The minimum absolute atomic E-state index is 0. The van der Waals surface area contributed by atoms with Gasteiger partial charge in [-0.3, -0.25) is 4.99 Å². The van der Waals surface area contributed by atoms with E-state index in [9.17, 15) is 0 Å². The molecular weight excluding hydrogens is 369 g/mol. The standard InChI is InChI=1S/C14H29N3O2.HI/c1-12(2)5-7-18-8-6-16-13(15-4)17-9-14(3)10-19-11-14;/h12H,5-11H2,1-4H3,(H2,15,16,17);1H. The molecule has 0 atom stereocenters. The van der Waals surface area contributed by atoms with Gasteiger partial charge in [0, 0.05) is 32.2 Å². The van der Waals surface area contributed by atoms with Crippen molar-refractivity contribution in [2.24, 2.45) is 16.3 Å². The fraction of sp³-hybridized carbons (Fsp3) is 0.929. The van der Waals surface area contributed by atoms with Crippen LogP contribution in [-0.4, -0.2) is 52.5 Å². The van der Waals surface area contributed by atoms with Gasteiger partial charge in [-0.15, -0.1) is 24.0 Å². The third-order valence-electron chi connectivity index (χ3n) is 3.19. The molecule has 0 radical (unpaired) electrons. The van der Waals surface area contributed by atoms with Crippen molar-refractivity contribution in [1.82, 2.24) is 10.6 Å². The zero-order valence-corrected chi connectivity index (χ0v) is 15.5. The van der Waals surface area contributed by atoms with Crippen molar-refractivity contribution in [2.75, 3.05) is 46.6 Å². The fourth-order valence-electron chi connectivity index (χ4n) is 1.73. The molecule has 0 spiro atoms. The molecule has 5 nitrogen and oxygen atoms in total. The van der Waals surface area contributed by atoms with Gasteiger partial charge in [0.15, 0.2) is 5.96 Å². The molecule has 120 valence electrons. The Hall–Kier alpha value is -0.0800. The minimum atomic E-state index is 0. The summed E-state index contributed by atoms with van der Waals surface area (Å²) >= 11 is 0. The van der Waals surface area contributed by atoms with E-state index < -0.39 is 0 Å². The molecule has 0 aromatic rings. The summed E-state index contributed by atoms with van der Waals surface area (Å²) in [6.07, 6.45) is 1.12. The summed E-state index contributed by atoms with van der Waals surface area (Å²) in [5.74, 6) is 1.54. The van der Waals surface area contributed by atoms with Crippen LogP contribution in [0.2, 0.25) is 0 Å². The van der Waals surface area contributed by atoms with Gasteiger partial charge >= 0.3 is 0 Å². The Kier molecular flexibility index (Phi) is 10.6. The first-order valence-electron chi connectivity index (χ1n) is 7.16. The maximum atomic E-state index is 5.55. The number of rotatable bonds is 8. The predicted octanol–water partition coefficient (Wildman–Crippen LogP) is 1.87. The SMILES string of the molecule is CN=C(NCCOCCC(C)C)NCC1(C)COC1.I. The van der Waals surface area contributed by atoms with E-state index in [0.717, 1.165) is 45.3 Å². The molecule has 0 saturated carbocycles. The van der Waals surface area contributed by atoms with Crippen molar-refractivity contribution >= 4 is 29.9 Å². The lowest BCUT2D eigenvalue weighted by Crippen LogP contribution is -2.51. The van der Waals surface area contributed by atoms with Gasteiger partial charge in [0.05, 0.1) is 19.8 Å². The van der Waals surface area contributed by atoms with Crippen LogP contribution in [-0.2, 0) is 9.47 Å². The molecule has 0 aromatic carbocycles. The van der Waals surface area contributed by atoms with E-state index in [1.54, 1.807) is 7.05 Å². The lowest BCUT2D eigenvalue weighted by Gasteiger charge is -2.38. The molecule has 1 heterocycles. The van der Waals surface area contributed by atoms with Gasteiger partial charge in [-0.1, -0.05) is 20.8 Å². The number of hydrogen-bond acceptors (Lipinski definition) is 3. The molecule has 0 unspecified atom stereocenters. The molecule has 6 heteroatoms. The molecule has 0 aliphatic carbocycles. The minimum Gasteiger partial charge on any atom is -0.380 e. The number of nitrogens with one attached hydrogen (secondary N) is 2. The molecular formula is C14H30IN3O2. The zero-order valence-electron chi connectivity index (χ0n) is 13.2. The van der Waals surface area contributed by atoms with Gasteiger partial charge < -0.3 is 20.1 Å². The Morgan fingerprint density at radius 3 is 2.50 bits per heavy atom. The summed E-state index contributed by atoms with van der Waals surface area (Å²) < 4.78 is 10.8. The number of hydrogen-bond donors (Lipinski definition) is 2. The highest BCUT2D eigenvalue weighted by atomic mass is 127. The van der Waals surface area contributed by atoms with Crippen LogP contribution in [0.5, 0.6) is 0 Å². The van der Waals surface area contributed by atoms with Gasteiger partial charge in [0.2, 0.25) is 0 Å². The van der Waals surface area contributed by atoms with Crippen LogP contribution >= 0.6 is 24.0 Å². The lowest BCUT2D eigenvalue weighted by atomic mass is 9.89. The summed E-state index contributed by atoms with van der Waals surface area (Å²) in [7, 11) is 1.79. The Morgan fingerprint density at radius 2 is 2.00 bits per heavy atom. The predicted molar refractivity (Wildman–Crippen MR) is 94.0 cm³/mol. The first kappa shape index (κ1) is 19.9. The smallest absolute Gasteiger partial charge is 0.191 e. The van der Waals surface area contributed by atoms with Crippen molar-refractivity contribution in [2.45, 2.75) is 27.2 Å². The van der Waals surface area contributed by atoms with E-state index in [1.807, 2.05) is 0 Å². The molecule has 0 aromatic heterocycles. The maximum absolute atomic E-state index is 5.55. The van der Waals surface area contributed by atoms with Crippen LogP contribution in [0.4, 0.5) is 0 Å². The van der Waals surface area contributed by atoms with Gasteiger partial charge in [-0.25, -0.2) is 0 Å². The number of halogens is 1. The summed E-state index contributed by atoms with van der Waals surface area (Å²) in [6.45, 7) is 11.5. The molecule has 0 bridgehead atoms. The number of nitrogens with zero attached hydrogens (tertiary/aromatic N) is 1. The monoisotopic (exact) mass is 399 g/mol. The normalized spacial score (nSPS) is 17.4. The average Bonchev–Trinajstić information content (AvgIpc) is 2.34. The summed E-state index contributed by atoms with van der Waals surface area (Å²) in [5.41, 5.74) is 0.255. The Bertz CT molecular complexity index is 282. The Balaban J connectivity index is 0.00000361. The van der Waals surface area contributed by atoms with Gasteiger partial charge in [-0.2, -0.15) is 0 Å². The Morgan fingerprint density at radius 1 is 1.30 bits per heavy atom. The third-order valence-corrected chi connectivity index (χ3v) is 3.19. The largest absolute Gasteiger partial charge is 0.380 e. The molecule has 1 saturated heterocycles. The van der Waals surface area contributed by atoms with Crippen molar-refractivity contribution < 1.29 is 9.47 Å². The quantitative estimate of drug-likeness (QED) is 0.283. The second kappa shape index (κ2) is 10.6. The molecule has 1 aliphatic rings.